The van der Waals surface area contributed by atoms with Gasteiger partial charge in [0.1, 0.15) is 6.04 Å². The molecule has 11 heteroatoms. The summed E-state index contributed by atoms with van der Waals surface area (Å²) in [7, 11) is -0.600. The molecule has 4 atom stereocenters. The van der Waals surface area contributed by atoms with E-state index in [1.165, 1.54) is 0 Å². The maximum absolute atomic E-state index is 13.8. The molecule has 1 saturated heterocycles. The first-order valence-electron chi connectivity index (χ1n) is 12.8. The van der Waals surface area contributed by atoms with Gasteiger partial charge in [-0.2, -0.15) is 0 Å². The van der Waals surface area contributed by atoms with E-state index in [2.05, 4.69) is 77.6 Å². The van der Waals surface area contributed by atoms with Crippen LogP contribution in [0.4, 0.5) is 0 Å². The minimum Gasteiger partial charge on any atom is -0.406 e. The lowest BCUT2D eigenvalue weighted by Crippen LogP contribution is -2.58. The summed E-state index contributed by atoms with van der Waals surface area (Å²) in [5, 5.41) is 9.46. The third-order valence-electron chi connectivity index (χ3n) is 6.12. The van der Waals surface area contributed by atoms with Crippen molar-refractivity contribution < 1.29 is 18.9 Å². The van der Waals surface area contributed by atoms with Crippen LogP contribution in [-0.4, -0.2) is 56.2 Å². The number of hydrogen-bond acceptors (Lipinski definition) is 5. The normalized spacial score (nSPS) is 19.8. The van der Waals surface area contributed by atoms with E-state index in [4.69, 9.17) is 9.31 Å². The predicted molar refractivity (Wildman–Crippen MR) is 162 cm³/mol. The lowest BCUT2D eigenvalue weighted by atomic mass is 9.72. The van der Waals surface area contributed by atoms with Crippen LogP contribution in [0.2, 0.25) is 0 Å². The molecule has 0 saturated carbocycles. The fourth-order valence-electron chi connectivity index (χ4n) is 4.31. The van der Waals surface area contributed by atoms with Crippen molar-refractivity contribution >= 4 is 66.7 Å². The Morgan fingerprint density at radius 3 is 2.26 bits per heavy atom. The number of carbonyl (C=O) groups is 2. The SMILES string of the molecule is CC(C)C[C@H](NC(=O)C(Cc1ccccc1)NC(=O)c1cc(Br)cc(Br)c1Br)B1OC(C)CNCC(C)O1. The average molecular weight is 716 g/mol. The van der Waals surface area contributed by atoms with Crippen LogP contribution in [0.5, 0.6) is 0 Å². The van der Waals surface area contributed by atoms with Crippen molar-refractivity contribution in [2.45, 2.75) is 64.7 Å². The highest BCUT2D eigenvalue weighted by Gasteiger charge is 2.37. The Morgan fingerprint density at radius 2 is 1.66 bits per heavy atom. The van der Waals surface area contributed by atoms with Crippen LogP contribution in [0.3, 0.4) is 0 Å². The number of nitrogens with one attached hydrogen (secondary N) is 3. The first-order valence-corrected chi connectivity index (χ1v) is 15.2. The minimum absolute atomic E-state index is 0.0776. The Bertz CT molecular complexity index is 1080. The van der Waals surface area contributed by atoms with Crippen molar-refractivity contribution in [2.75, 3.05) is 13.1 Å². The molecule has 3 rings (SSSR count). The van der Waals surface area contributed by atoms with Crippen LogP contribution in [0.1, 0.15) is 50.0 Å². The number of benzene rings is 2. The Morgan fingerprint density at radius 1 is 1.03 bits per heavy atom. The summed E-state index contributed by atoms with van der Waals surface area (Å²) in [6.45, 7) is 9.58. The van der Waals surface area contributed by atoms with Crippen molar-refractivity contribution in [3.05, 3.63) is 67.0 Å². The molecular weight excluding hydrogens is 681 g/mol. The van der Waals surface area contributed by atoms with E-state index in [0.717, 1.165) is 14.5 Å². The molecule has 0 aromatic heterocycles. The third-order valence-corrected chi connectivity index (χ3v) is 8.59. The Balaban J connectivity index is 1.86. The van der Waals surface area contributed by atoms with Gasteiger partial charge in [-0.05, 0) is 75.7 Å². The van der Waals surface area contributed by atoms with E-state index in [0.29, 0.717) is 41.9 Å². The molecule has 2 aromatic rings. The van der Waals surface area contributed by atoms with Crippen LogP contribution < -0.4 is 16.0 Å². The Labute approximate surface area is 251 Å². The van der Waals surface area contributed by atoms with Gasteiger partial charge in [0.2, 0.25) is 5.91 Å². The maximum atomic E-state index is 13.8. The molecule has 1 aliphatic rings. The van der Waals surface area contributed by atoms with Crippen LogP contribution >= 0.6 is 47.8 Å². The second kappa shape index (κ2) is 15.0. The molecular formula is C27H35BBr3N3O4. The van der Waals surface area contributed by atoms with Gasteiger partial charge in [-0.1, -0.05) is 60.1 Å². The van der Waals surface area contributed by atoms with Crippen molar-refractivity contribution in [1.29, 1.82) is 0 Å². The predicted octanol–water partition coefficient (Wildman–Crippen LogP) is 5.29. The van der Waals surface area contributed by atoms with E-state index < -0.39 is 13.2 Å². The highest BCUT2D eigenvalue weighted by Crippen LogP contribution is 2.30. The Hall–Kier alpha value is -1.24. The summed E-state index contributed by atoms with van der Waals surface area (Å²) in [6.07, 6.45) is 0.847. The molecule has 1 aliphatic heterocycles. The molecule has 7 nitrogen and oxygen atoms in total. The van der Waals surface area contributed by atoms with Crippen LogP contribution in [0.25, 0.3) is 0 Å². The molecule has 3 N–H and O–H groups in total. The summed E-state index contributed by atoms with van der Waals surface area (Å²) in [5.41, 5.74) is 1.35. The molecule has 0 radical (unpaired) electrons. The molecule has 0 bridgehead atoms. The van der Waals surface area contributed by atoms with Crippen LogP contribution in [0.15, 0.2) is 55.9 Å². The molecule has 38 heavy (non-hydrogen) atoms. The van der Waals surface area contributed by atoms with Crippen molar-refractivity contribution in [2.24, 2.45) is 5.92 Å². The number of rotatable bonds is 9. The molecule has 206 valence electrons. The van der Waals surface area contributed by atoms with Gasteiger partial charge < -0.3 is 25.3 Å². The van der Waals surface area contributed by atoms with Gasteiger partial charge in [0.25, 0.3) is 5.91 Å². The summed E-state index contributed by atoms with van der Waals surface area (Å²) >= 11 is 10.4. The number of amides is 2. The smallest absolute Gasteiger partial charge is 0.406 e. The minimum atomic E-state index is -0.811. The zero-order chi connectivity index (χ0) is 27.8. The zero-order valence-corrected chi connectivity index (χ0v) is 26.9. The number of halogens is 3. The quantitative estimate of drug-likeness (QED) is 0.243. The highest BCUT2D eigenvalue weighted by molar-refractivity contribution is 9.13. The summed E-state index contributed by atoms with van der Waals surface area (Å²) in [4.78, 5) is 27.2. The van der Waals surface area contributed by atoms with Crippen molar-refractivity contribution in [3.63, 3.8) is 0 Å². The zero-order valence-electron chi connectivity index (χ0n) is 22.1. The summed E-state index contributed by atoms with van der Waals surface area (Å²) in [5.74, 6) is -0.737. The van der Waals surface area contributed by atoms with E-state index in [1.54, 1.807) is 6.07 Å². The van der Waals surface area contributed by atoms with Gasteiger partial charge in [0.05, 0.1) is 23.7 Å². The van der Waals surface area contributed by atoms with Crippen molar-refractivity contribution in [3.8, 4) is 0 Å². The number of carbonyl (C=O) groups excluding carboxylic acids is 2. The Kier molecular flexibility index (Phi) is 12.3. The van der Waals surface area contributed by atoms with Gasteiger partial charge in [-0.15, -0.1) is 0 Å². The van der Waals surface area contributed by atoms with E-state index >= 15 is 0 Å². The van der Waals surface area contributed by atoms with Crippen molar-refractivity contribution in [1.82, 2.24) is 16.0 Å². The van der Waals surface area contributed by atoms with E-state index in [9.17, 15) is 9.59 Å². The van der Waals surface area contributed by atoms with E-state index in [-0.39, 0.29) is 30.0 Å². The summed E-state index contributed by atoms with van der Waals surface area (Å²) in [6, 6.07) is 12.4. The van der Waals surface area contributed by atoms with Gasteiger partial charge in [-0.25, -0.2) is 0 Å². The van der Waals surface area contributed by atoms with Gasteiger partial charge >= 0.3 is 7.12 Å². The first kappa shape index (κ1) is 31.3. The average Bonchev–Trinajstić information content (AvgIpc) is 2.84. The fraction of sp³-hybridized carbons (Fsp3) is 0.481. The largest absolute Gasteiger partial charge is 0.481 e. The molecule has 2 amide bonds. The van der Waals surface area contributed by atoms with Gasteiger partial charge in [0.15, 0.2) is 0 Å². The standard InChI is InChI=1S/C27H35BBr3N3O4/c1-16(2)10-24(28-37-17(3)14-32-15-18(4)38-28)34-27(36)23(11-19-8-6-5-7-9-19)33-26(35)21-12-20(29)13-22(30)25(21)31/h5-9,12-13,16-18,23-24,32H,10-11,14-15H2,1-4H3,(H,33,35)(H,34,36)/t17?,18?,23?,24-/m0/s1. The second-order valence-electron chi connectivity index (χ2n) is 10.1. The molecule has 3 unspecified atom stereocenters. The fourth-order valence-corrected chi connectivity index (χ4v) is 5.95. The molecule has 2 aromatic carbocycles. The monoisotopic (exact) mass is 713 g/mol. The molecule has 0 spiro atoms. The molecule has 1 heterocycles. The maximum Gasteiger partial charge on any atom is 0.481 e. The summed E-state index contributed by atoms with van der Waals surface area (Å²) < 4.78 is 14.5. The second-order valence-corrected chi connectivity index (χ2v) is 12.7. The first-order chi connectivity index (χ1) is 18.0. The number of hydrogen-bond donors (Lipinski definition) is 3. The third kappa shape index (κ3) is 9.45. The molecule has 0 aliphatic carbocycles. The topological polar surface area (TPSA) is 88.7 Å². The van der Waals surface area contributed by atoms with E-state index in [1.807, 2.05) is 50.2 Å². The molecule has 1 fully saturated rings. The lowest BCUT2D eigenvalue weighted by Gasteiger charge is -2.33. The van der Waals surface area contributed by atoms with Crippen LogP contribution in [0, 0.1) is 5.92 Å². The van der Waals surface area contributed by atoms with Crippen LogP contribution in [-0.2, 0) is 20.5 Å². The van der Waals surface area contributed by atoms with Gasteiger partial charge in [0, 0.05) is 32.9 Å². The van der Waals surface area contributed by atoms with Gasteiger partial charge in [-0.3, -0.25) is 9.59 Å². The lowest BCUT2D eigenvalue weighted by molar-refractivity contribution is -0.123. The highest BCUT2D eigenvalue weighted by atomic mass is 79.9.